The Labute approximate surface area is 135 Å². The molecule has 0 aliphatic rings. The van der Waals surface area contributed by atoms with Crippen molar-refractivity contribution < 1.29 is 0 Å². The number of nitrogens with two attached hydrogens (primary N) is 1. The predicted molar refractivity (Wildman–Crippen MR) is 91.0 cm³/mol. The van der Waals surface area contributed by atoms with E-state index in [2.05, 4.69) is 64.3 Å². The topological polar surface area (TPSA) is 51.8 Å². The van der Waals surface area contributed by atoms with Gasteiger partial charge >= 0.3 is 0 Å². The standard InChI is InChI=1S/C14H15BrIN3/c1-14(2,3)11-10(16)12(17)19-13(18-11)8-5-4-6-9(15)7-8/h4-7H,1-3H3,(H2,17,18,19). The third kappa shape index (κ3) is 3.25. The summed E-state index contributed by atoms with van der Waals surface area (Å²) in [6.07, 6.45) is 0. The lowest BCUT2D eigenvalue weighted by Crippen LogP contribution is -2.18. The molecule has 0 saturated heterocycles. The second-order valence-corrected chi connectivity index (χ2v) is 7.35. The maximum absolute atomic E-state index is 6.02. The first-order valence-electron chi connectivity index (χ1n) is 5.88. The molecular weight excluding hydrogens is 417 g/mol. The molecule has 100 valence electrons. The van der Waals surface area contributed by atoms with Gasteiger partial charge in [0.05, 0.1) is 9.26 Å². The van der Waals surface area contributed by atoms with Crippen molar-refractivity contribution in [3.05, 3.63) is 38.0 Å². The number of hydrogen-bond acceptors (Lipinski definition) is 3. The van der Waals surface area contributed by atoms with E-state index in [0.29, 0.717) is 11.6 Å². The minimum absolute atomic E-state index is 0.0612. The van der Waals surface area contributed by atoms with E-state index in [4.69, 9.17) is 10.7 Å². The van der Waals surface area contributed by atoms with E-state index in [9.17, 15) is 0 Å². The van der Waals surface area contributed by atoms with Crippen LogP contribution in [0.5, 0.6) is 0 Å². The smallest absolute Gasteiger partial charge is 0.161 e. The second-order valence-electron chi connectivity index (χ2n) is 5.36. The third-order valence-electron chi connectivity index (χ3n) is 2.67. The predicted octanol–water partition coefficient (Wildman–Crippen LogP) is 4.39. The van der Waals surface area contributed by atoms with Crippen LogP contribution in [0.15, 0.2) is 28.7 Å². The molecule has 0 spiro atoms. The van der Waals surface area contributed by atoms with E-state index in [0.717, 1.165) is 19.3 Å². The molecule has 5 heteroatoms. The van der Waals surface area contributed by atoms with Gasteiger partial charge in [-0.05, 0) is 34.7 Å². The highest BCUT2D eigenvalue weighted by Crippen LogP contribution is 2.30. The lowest BCUT2D eigenvalue weighted by atomic mass is 9.92. The van der Waals surface area contributed by atoms with Crippen LogP contribution in [-0.4, -0.2) is 9.97 Å². The SMILES string of the molecule is CC(C)(C)c1nc(-c2cccc(Br)c2)nc(N)c1I. The average Bonchev–Trinajstić information content (AvgIpc) is 2.31. The summed E-state index contributed by atoms with van der Waals surface area (Å²) < 4.78 is 1.94. The van der Waals surface area contributed by atoms with Gasteiger partial charge in [0.25, 0.3) is 0 Å². The first-order chi connectivity index (χ1) is 8.79. The van der Waals surface area contributed by atoms with Gasteiger partial charge in [-0.2, -0.15) is 0 Å². The van der Waals surface area contributed by atoms with E-state index >= 15 is 0 Å². The number of rotatable bonds is 1. The van der Waals surface area contributed by atoms with Crippen LogP contribution in [0.3, 0.4) is 0 Å². The summed E-state index contributed by atoms with van der Waals surface area (Å²) in [4.78, 5) is 9.09. The molecule has 1 aromatic carbocycles. The number of aromatic nitrogens is 2. The number of benzene rings is 1. The zero-order valence-corrected chi connectivity index (χ0v) is 14.8. The highest BCUT2D eigenvalue weighted by molar-refractivity contribution is 14.1. The first-order valence-corrected chi connectivity index (χ1v) is 7.75. The first kappa shape index (κ1) is 14.7. The number of nitrogen functional groups attached to an aromatic ring is 1. The molecule has 19 heavy (non-hydrogen) atoms. The van der Waals surface area contributed by atoms with Gasteiger partial charge < -0.3 is 5.73 Å². The highest BCUT2D eigenvalue weighted by Gasteiger charge is 2.22. The molecule has 0 saturated carbocycles. The van der Waals surface area contributed by atoms with Crippen LogP contribution in [-0.2, 0) is 5.41 Å². The summed E-state index contributed by atoms with van der Waals surface area (Å²) in [5, 5.41) is 0. The highest BCUT2D eigenvalue weighted by atomic mass is 127. The van der Waals surface area contributed by atoms with Crippen LogP contribution < -0.4 is 5.73 Å². The molecule has 0 radical (unpaired) electrons. The molecule has 0 fully saturated rings. The fraction of sp³-hybridized carbons (Fsp3) is 0.286. The molecule has 0 unspecified atom stereocenters. The van der Waals surface area contributed by atoms with Crippen LogP contribution >= 0.6 is 38.5 Å². The van der Waals surface area contributed by atoms with Crippen molar-refractivity contribution >= 4 is 44.3 Å². The third-order valence-corrected chi connectivity index (χ3v) is 4.23. The van der Waals surface area contributed by atoms with Gasteiger partial charge in [0.15, 0.2) is 5.82 Å². The van der Waals surface area contributed by atoms with E-state index in [1.165, 1.54) is 0 Å². The van der Waals surface area contributed by atoms with Gasteiger partial charge in [-0.15, -0.1) is 0 Å². The van der Waals surface area contributed by atoms with Gasteiger partial charge in [-0.25, -0.2) is 9.97 Å². The van der Waals surface area contributed by atoms with Crippen molar-refractivity contribution in [1.82, 2.24) is 9.97 Å². The van der Waals surface area contributed by atoms with Crippen molar-refractivity contribution in [2.75, 3.05) is 5.73 Å². The van der Waals surface area contributed by atoms with Gasteiger partial charge in [0.1, 0.15) is 5.82 Å². The van der Waals surface area contributed by atoms with E-state index in [-0.39, 0.29) is 5.41 Å². The number of hydrogen-bond donors (Lipinski definition) is 1. The summed E-state index contributed by atoms with van der Waals surface area (Å²) in [5.41, 5.74) is 7.91. The van der Waals surface area contributed by atoms with Crippen LogP contribution in [0.1, 0.15) is 26.5 Å². The zero-order chi connectivity index (χ0) is 14.2. The Morgan fingerprint density at radius 3 is 2.47 bits per heavy atom. The summed E-state index contributed by atoms with van der Waals surface area (Å²) in [6.45, 7) is 6.38. The normalized spacial score (nSPS) is 11.6. The van der Waals surface area contributed by atoms with Crippen molar-refractivity contribution in [1.29, 1.82) is 0 Å². The summed E-state index contributed by atoms with van der Waals surface area (Å²) in [5.74, 6) is 1.21. The Hall–Kier alpha value is -0.690. The minimum Gasteiger partial charge on any atom is -0.383 e. The molecule has 2 N–H and O–H groups in total. The number of anilines is 1. The second kappa shape index (κ2) is 5.36. The van der Waals surface area contributed by atoms with Crippen LogP contribution in [0.4, 0.5) is 5.82 Å². The van der Waals surface area contributed by atoms with Gasteiger partial charge in [0.2, 0.25) is 0 Å². The minimum atomic E-state index is -0.0612. The summed E-state index contributed by atoms with van der Waals surface area (Å²) in [7, 11) is 0. The maximum atomic E-state index is 6.02. The molecule has 3 nitrogen and oxygen atoms in total. The molecule has 0 aliphatic heterocycles. The molecule has 1 aromatic heterocycles. The fourth-order valence-corrected chi connectivity index (χ4v) is 3.17. The Kier molecular flexibility index (Phi) is 4.15. The van der Waals surface area contributed by atoms with Crippen molar-refractivity contribution in [2.45, 2.75) is 26.2 Å². The molecule has 0 amide bonds. The summed E-state index contributed by atoms with van der Waals surface area (Å²) in [6, 6.07) is 7.92. The van der Waals surface area contributed by atoms with Crippen LogP contribution in [0.25, 0.3) is 11.4 Å². The summed E-state index contributed by atoms with van der Waals surface area (Å²) >= 11 is 5.68. The quantitative estimate of drug-likeness (QED) is 0.681. The largest absolute Gasteiger partial charge is 0.383 e. The monoisotopic (exact) mass is 431 g/mol. The zero-order valence-electron chi connectivity index (χ0n) is 11.0. The Balaban J connectivity index is 2.63. The Morgan fingerprint density at radius 1 is 1.21 bits per heavy atom. The average molecular weight is 432 g/mol. The van der Waals surface area contributed by atoms with Crippen LogP contribution in [0.2, 0.25) is 0 Å². The lowest BCUT2D eigenvalue weighted by Gasteiger charge is -2.21. The van der Waals surface area contributed by atoms with Crippen molar-refractivity contribution in [2.24, 2.45) is 0 Å². The van der Waals surface area contributed by atoms with E-state index < -0.39 is 0 Å². The number of halogens is 2. The van der Waals surface area contributed by atoms with Crippen LogP contribution in [0, 0.1) is 3.57 Å². The Morgan fingerprint density at radius 2 is 1.89 bits per heavy atom. The molecule has 2 aromatic rings. The van der Waals surface area contributed by atoms with E-state index in [1.54, 1.807) is 0 Å². The molecule has 0 bridgehead atoms. The van der Waals surface area contributed by atoms with Gasteiger partial charge in [-0.3, -0.25) is 0 Å². The Bertz CT molecular complexity index is 621. The molecular formula is C14H15BrIN3. The van der Waals surface area contributed by atoms with Crippen molar-refractivity contribution in [3.63, 3.8) is 0 Å². The van der Waals surface area contributed by atoms with Gasteiger partial charge in [0, 0.05) is 15.5 Å². The molecule has 0 aliphatic carbocycles. The maximum Gasteiger partial charge on any atom is 0.161 e. The van der Waals surface area contributed by atoms with E-state index in [1.807, 2.05) is 24.3 Å². The molecule has 0 atom stereocenters. The number of nitrogens with zero attached hydrogens (tertiary/aromatic N) is 2. The molecule has 1 heterocycles. The lowest BCUT2D eigenvalue weighted by molar-refractivity contribution is 0.564. The fourth-order valence-electron chi connectivity index (χ4n) is 1.72. The van der Waals surface area contributed by atoms with Gasteiger partial charge in [-0.1, -0.05) is 48.8 Å². The molecule has 2 rings (SSSR count). The van der Waals surface area contributed by atoms with Crippen molar-refractivity contribution in [3.8, 4) is 11.4 Å².